The lowest BCUT2D eigenvalue weighted by atomic mass is 10.2. The van der Waals surface area contributed by atoms with Crippen LogP contribution in [-0.2, 0) is 13.0 Å². The van der Waals surface area contributed by atoms with E-state index in [0.717, 1.165) is 31.8 Å². The molecule has 80 valence electrons. The molecule has 0 saturated heterocycles. The Bertz CT molecular complexity index is 254. The number of nitrogens with zero attached hydrogens (tertiary/aromatic N) is 3. The smallest absolute Gasteiger partial charge is 0.132 e. The van der Waals surface area contributed by atoms with E-state index in [1.165, 1.54) is 0 Å². The average Bonchev–Trinajstić information content (AvgIpc) is 2.52. The van der Waals surface area contributed by atoms with E-state index in [0.29, 0.717) is 5.92 Å². The molecule has 0 atom stereocenters. The molecule has 0 aromatic carbocycles. The van der Waals surface area contributed by atoms with Gasteiger partial charge >= 0.3 is 0 Å². The van der Waals surface area contributed by atoms with Crippen molar-refractivity contribution in [3.05, 3.63) is 12.2 Å². The Morgan fingerprint density at radius 3 is 2.93 bits per heavy atom. The zero-order chi connectivity index (χ0) is 10.4. The maximum absolute atomic E-state index is 4.13. The lowest BCUT2D eigenvalue weighted by Crippen LogP contribution is -2.12. The predicted molar refractivity (Wildman–Crippen MR) is 57.1 cm³/mol. The maximum Gasteiger partial charge on any atom is 0.132 e. The van der Waals surface area contributed by atoms with Crippen LogP contribution in [0, 0.1) is 5.92 Å². The summed E-state index contributed by atoms with van der Waals surface area (Å²) in [6, 6.07) is 0. The molecule has 0 radical (unpaired) electrons. The monoisotopic (exact) mass is 196 g/mol. The standard InChI is InChI=1S/C10H20N4/c1-9(2)7-14-8-12-13-10(14)5-4-6-11-3/h8-9,11H,4-7H2,1-3H3. The zero-order valence-electron chi connectivity index (χ0n) is 9.32. The highest BCUT2D eigenvalue weighted by Crippen LogP contribution is 2.03. The van der Waals surface area contributed by atoms with Crippen molar-refractivity contribution in [2.45, 2.75) is 33.2 Å². The van der Waals surface area contributed by atoms with Gasteiger partial charge in [-0.25, -0.2) is 0 Å². The van der Waals surface area contributed by atoms with Crippen LogP contribution in [0.25, 0.3) is 0 Å². The van der Waals surface area contributed by atoms with Crippen LogP contribution in [0.4, 0.5) is 0 Å². The van der Waals surface area contributed by atoms with Gasteiger partial charge in [-0.2, -0.15) is 0 Å². The number of hydrogen-bond donors (Lipinski definition) is 1. The second-order valence-corrected chi connectivity index (χ2v) is 4.00. The first-order valence-corrected chi connectivity index (χ1v) is 5.25. The number of rotatable bonds is 6. The first-order valence-electron chi connectivity index (χ1n) is 5.25. The molecule has 0 aliphatic heterocycles. The molecular weight excluding hydrogens is 176 g/mol. The highest BCUT2D eigenvalue weighted by atomic mass is 15.3. The molecule has 1 heterocycles. The molecule has 0 saturated carbocycles. The third-order valence-electron chi connectivity index (χ3n) is 2.08. The van der Waals surface area contributed by atoms with Crippen molar-refractivity contribution >= 4 is 0 Å². The minimum atomic E-state index is 0.647. The fourth-order valence-electron chi connectivity index (χ4n) is 1.44. The molecule has 0 aliphatic carbocycles. The van der Waals surface area contributed by atoms with Gasteiger partial charge in [0.1, 0.15) is 12.2 Å². The number of hydrogen-bond acceptors (Lipinski definition) is 3. The van der Waals surface area contributed by atoms with Crippen molar-refractivity contribution in [1.29, 1.82) is 0 Å². The Kier molecular flexibility index (Phi) is 4.59. The third kappa shape index (κ3) is 3.46. The summed E-state index contributed by atoms with van der Waals surface area (Å²) in [6.45, 7) is 6.46. The lowest BCUT2D eigenvalue weighted by Gasteiger charge is -2.08. The molecule has 0 aliphatic rings. The molecule has 4 nitrogen and oxygen atoms in total. The normalized spacial score (nSPS) is 11.1. The van der Waals surface area contributed by atoms with Gasteiger partial charge in [-0.3, -0.25) is 0 Å². The fraction of sp³-hybridized carbons (Fsp3) is 0.800. The Labute approximate surface area is 85.7 Å². The molecule has 4 heteroatoms. The molecule has 0 amide bonds. The molecule has 0 bridgehead atoms. The average molecular weight is 196 g/mol. The summed E-state index contributed by atoms with van der Waals surface area (Å²) in [7, 11) is 1.97. The number of nitrogens with one attached hydrogen (secondary N) is 1. The fourth-order valence-corrected chi connectivity index (χ4v) is 1.44. The van der Waals surface area contributed by atoms with Crippen molar-refractivity contribution < 1.29 is 0 Å². The second-order valence-electron chi connectivity index (χ2n) is 4.00. The van der Waals surface area contributed by atoms with Gasteiger partial charge in [0, 0.05) is 13.0 Å². The summed E-state index contributed by atoms with van der Waals surface area (Å²) in [6.07, 6.45) is 3.95. The van der Waals surface area contributed by atoms with Crippen LogP contribution >= 0.6 is 0 Å². The second kappa shape index (κ2) is 5.75. The van der Waals surface area contributed by atoms with Crippen molar-refractivity contribution in [2.75, 3.05) is 13.6 Å². The summed E-state index contributed by atoms with van der Waals surface area (Å²) in [5.74, 6) is 1.75. The Morgan fingerprint density at radius 2 is 2.29 bits per heavy atom. The van der Waals surface area contributed by atoms with Crippen LogP contribution in [-0.4, -0.2) is 28.4 Å². The summed E-state index contributed by atoms with van der Waals surface area (Å²) in [5.41, 5.74) is 0. The first-order chi connectivity index (χ1) is 6.74. The Hall–Kier alpha value is -0.900. The Morgan fingerprint density at radius 1 is 1.50 bits per heavy atom. The van der Waals surface area contributed by atoms with E-state index in [2.05, 4.69) is 33.9 Å². The third-order valence-corrected chi connectivity index (χ3v) is 2.08. The Balaban J connectivity index is 2.45. The molecule has 14 heavy (non-hydrogen) atoms. The van der Waals surface area contributed by atoms with E-state index in [-0.39, 0.29) is 0 Å². The van der Waals surface area contributed by atoms with Gasteiger partial charge in [-0.15, -0.1) is 10.2 Å². The number of aryl methyl sites for hydroxylation is 1. The van der Waals surface area contributed by atoms with E-state index in [4.69, 9.17) is 0 Å². The summed E-state index contributed by atoms with van der Waals surface area (Å²) in [4.78, 5) is 0. The van der Waals surface area contributed by atoms with Gasteiger partial charge in [0.2, 0.25) is 0 Å². The van der Waals surface area contributed by atoms with Crippen molar-refractivity contribution in [1.82, 2.24) is 20.1 Å². The maximum atomic E-state index is 4.13. The molecular formula is C10H20N4. The van der Waals surface area contributed by atoms with E-state index in [1.807, 2.05) is 13.4 Å². The number of aromatic nitrogens is 3. The van der Waals surface area contributed by atoms with Gasteiger partial charge in [-0.1, -0.05) is 13.8 Å². The van der Waals surface area contributed by atoms with Crippen LogP contribution < -0.4 is 5.32 Å². The minimum absolute atomic E-state index is 0.647. The van der Waals surface area contributed by atoms with E-state index in [9.17, 15) is 0 Å². The highest BCUT2D eigenvalue weighted by molar-refractivity contribution is 4.86. The summed E-state index contributed by atoms with van der Waals surface area (Å²) >= 11 is 0. The quantitative estimate of drug-likeness (QED) is 0.692. The molecule has 0 unspecified atom stereocenters. The van der Waals surface area contributed by atoms with E-state index < -0.39 is 0 Å². The van der Waals surface area contributed by atoms with Crippen LogP contribution in [0.5, 0.6) is 0 Å². The van der Waals surface area contributed by atoms with Crippen LogP contribution in [0.1, 0.15) is 26.1 Å². The van der Waals surface area contributed by atoms with Crippen molar-refractivity contribution in [2.24, 2.45) is 5.92 Å². The molecule has 1 N–H and O–H groups in total. The van der Waals surface area contributed by atoms with Gasteiger partial charge in [0.05, 0.1) is 0 Å². The molecule has 1 aromatic rings. The first kappa shape index (κ1) is 11.2. The molecule has 0 spiro atoms. The predicted octanol–water partition coefficient (Wildman–Crippen LogP) is 1.09. The molecule has 0 fully saturated rings. The largest absolute Gasteiger partial charge is 0.320 e. The summed E-state index contributed by atoms with van der Waals surface area (Å²) in [5, 5.41) is 11.2. The topological polar surface area (TPSA) is 42.7 Å². The van der Waals surface area contributed by atoms with Gasteiger partial charge in [0.15, 0.2) is 0 Å². The van der Waals surface area contributed by atoms with Gasteiger partial charge in [0.25, 0.3) is 0 Å². The van der Waals surface area contributed by atoms with Crippen LogP contribution in [0.15, 0.2) is 6.33 Å². The molecule has 1 aromatic heterocycles. The minimum Gasteiger partial charge on any atom is -0.320 e. The van der Waals surface area contributed by atoms with E-state index >= 15 is 0 Å². The summed E-state index contributed by atoms with van der Waals surface area (Å²) < 4.78 is 2.15. The van der Waals surface area contributed by atoms with Crippen LogP contribution in [0.2, 0.25) is 0 Å². The van der Waals surface area contributed by atoms with Gasteiger partial charge in [-0.05, 0) is 25.9 Å². The van der Waals surface area contributed by atoms with Gasteiger partial charge < -0.3 is 9.88 Å². The van der Waals surface area contributed by atoms with E-state index in [1.54, 1.807) is 0 Å². The zero-order valence-corrected chi connectivity index (χ0v) is 9.32. The highest BCUT2D eigenvalue weighted by Gasteiger charge is 2.04. The van der Waals surface area contributed by atoms with Crippen LogP contribution in [0.3, 0.4) is 0 Å². The molecule has 1 rings (SSSR count). The SMILES string of the molecule is CNCCCc1nncn1CC(C)C. The van der Waals surface area contributed by atoms with Crippen molar-refractivity contribution in [3.63, 3.8) is 0 Å². The lowest BCUT2D eigenvalue weighted by molar-refractivity contribution is 0.502. The van der Waals surface area contributed by atoms with Crippen molar-refractivity contribution in [3.8, 4) is 0 Å².